The van der Waals surface area contributed by atoms with Crippen LogP contribution in [0.15, 0.2) is 28.7 Å². The van der Waals surface area contributed by atoms with E-state index in [-0.39, 0.29) is 31.4 Å². The average Bonchev–Trinajstić information content (AvgIpc) is 3.15. The van der Waals surface area contributed by atoms with E-state index in [0.29, 0.717) is 11.6 Å². The molecule has 3 heterocycles. The number of fused-ring (bicyclic) bond motifs is 7. The minimum Gasteiger partial charge on any atom is -0.438 e. The number of hydrogen-bond acceptors (Lipinski definition) is 6. The van der Waals surface area contributed by atoms with Gasteiger partial charge in [0, 0.05) is 6.07 Å². The number of pyridine rings is 1. The van der Waals surface area contributed by atoms with Crippen LogP contribution in [-0.2, 0) is 12.6 Å². The maximum Gasteiger partial charge on any atom is 0.421 e. The number of halogens is 7. The third-order valence-electron chi connectivity index (χ3n) is 5.01. The molecule has 2 aromatic heterocycles. The van der Waals surface area contributed by atoms with Crippen molar-refractivity contribution in [3.05, 3.63) is 47.1 Å². The molecule has 0 saturated carbocycles. The van der Waals surface area contributed by atoms with E-state index in [2.05, 4.69) is 15.2 Å². The Hall–Kier alpha value is -3.38. The van der Waals surface area contributed by atoms with Crippen LogP contribution in [0.1, 0.15) is 42.2 Å². The number of aromatic nitrogens is 3. The number of ether oxygens (including phenoxy) is 1. The molecule has 0 fully saturated rings. The molecule has 1 aliphatic heterocycles. The van der Waals surface area contributed by atoms with Crippen molar-refractivity contribution in [1.29, 1.82) is 0 Å². The van der Waals surface area contributed by atoms with E-state index in [1.807, 2.05) is 0 Å². The summed E-state index contributed by atoms with van der Waals surface area (Å²) in [4.78, 5) is 3.70. The van der Waals surface area contributed by atoms with E-state index in [1.54, 1.807) is 0 Å². The van der Waals surface area contributed by atoms with Crippen LogP contribution in [0.5, 0.6) is 11.6 Å². The number of rotatable bonds is 0. The normalized spacial score (nSPS) is 17.1. The minimum atomic E-state index is -4.95. The van der Waals surface area contributed by atoms with Gasteiger partial charge in [-0.25, -0.2) is 9.37 Å². The molecular weight excluding hydrogens is 461 g/mol. The molecule has 1 aromatic carbocycles. The summed E-state index contributed by atoms with van der Waals surface area (Å²) in [6, 6.07) is 3.78. The van der Waals surface area contributed by atoms with Gasteiger partial charge in [0.05, 0.1) is 5.69 Å². The third-order valence-corrected chi connectivity index (χ3v) is 5.01. The highest BCUT2D eigenvalue weighted by molar-refractivity contribution is 5.68. The van der Waals surface area contributed by atoms with E-state index in [1.165, 1.54) is 6.07 Å². The molecule has 6 nitrogen and oxygen atoms in total. The van der Waals surface area contributed by atoms with Gasteiger partial charge in [-0.05, 0) is 43.0 Å². The molecule has 6 bridgehead atoms. The Kier molecular flexibility index (Phi) is 5.66. The van der Waals surface area contributed by atoms with Crippen LogP contribution in [-0.4, -0.2) is 21.4 Å². The highest BCUT2D eigenvalue weighted by atomic mass is 19.4. The van der Waals surface area contributed by atoms with Crippen LogP contribution in [0, 0.1) is 5.82 Å². The summed E-state index contributed by atoms with van der Waals surface area (Å²) in [7, 11) is 0. The van der Waals surface area contributed by atoms with Crippen LogP contribution in [0.25, 0.3) is 11.6 Å². The largest absolute Gasteiger partial charge is 0.438 e. The van der Waals surface area contributed by atoms with Crippen molar-refractivity contribution in [2.45, 2.75) is 44.0 Å². The zero-order valence-electron chi connectivity index (χ0n) is 16.6. The fraction of sp³-hybridized carbons (Fsp3) is 0.350. The van der Waals surface area contributed by atoms with Gasteiger partial charge in [0.25, 0.3) is 5.89 Å². The highest BCUT2D eigenvalue weighted by Gasteiger charge is 2.44. The van der Waals surface area contributed by atoms with Crippen molar-refractivity contribution in [2.75, 3.05) is 5.73 Å². The van der Waals surface area contributed by atoms with E-state index < -0.39 is 58.7 Å². The van der Waals surface area contributed by atoms with Crippen LogP contribution in [0.3, 0.4) is 0 Å². The van der Waals surface area contributed by atoms with E-state index in [4.69, 9.17) is 14.9 Å². The lowest BCUT2D eigenvalue weighted by Gasteiger charge is -2.16. The summed E-state index contributed by atoms with van der Waals surface area (Å²) in [5.41, 5.74) is 3.58. The second-order valence-electron chi connectivity index (χ2n) is 7.46. The first-order valence-corrected chi connectivity index (χ1v) is 9.67. The number of benzene rings is 1. The van der Waals surface area contributed by atoms with Gasteiger partial charge < -0.3 is 14.9 Å². The van der Waals surface area contributed by atoms with Crippen LogP contribution in [0.4, 0.5) is 36.4 Å². The Morgan fingerprint density at radius 3 is 2.42 bits per heavy atom. The topological polar surface area (TPSA) is 87.1 Å². The summed E-state index contributed by atoms with van der Waals surface area (Å²) in [5, 5.41) is 6.93. The number of anilines is 1. The van der Waals surface area contributed by atoms with E-state index in [0.717, 1.165) is 12.1 Å². The minimum absolute atomic E-state index is 0.0843. The second-order valence-corrected chi connectivity index (χ2v) is 7.46. The molecular formula is C20H15F7N4O2. The maximum atomic E-state index is 14.1. The summed E-state index contributed by atoms with van der Waals surface area (Å²) in [6.07, 6.45) is -9.55. The first-order valence-electron chi connectivity index (χ1n) is 9.67. The van der Waals surface area contributed by atoms with Crippen molar-refractivity contribution in [3.8, 4) is 23.2 Å². The zero-order chi connectivity index (χ0) is 24.0. The molecule has 0 amide bonds. The molecule has 1 aliphatic rings. The van der Waals surface area contributed by atoms with Crippen LogP contribution < -0.4 is 10.5 Å². The van der Waals surface area contributed by atoms with Crippen molar-refractivity contribution in [2.24, 2.45) is 0 Å². The quantitative estimate of drug-likeness (QED) is 0.399. The van der Waals surface area contributed by atoms with Gasteiger partial charge in [0.1, 0.15) is 23.0 Å². The monoisotopic (exact) mass is 476 g/mol. The number of nitrogens with two attached hydrogens (primary N) is 1. The molecule has 4 rings (SSSR count). The Morgan fingerprint density at radius 2 is 1.73 bits per heavy atom. The van der Waals surface area contributed by atoms with Gasteiger partial charge in [-0.1, -0.05) is 6.42 Å². The maximum absolute atomic E-state index is 14.1. The Balaban J connectivity index is 1.90. The number of aryl methyl sites for hydroxylation is 1. The van der Waals surface area contributed by atoms with Gasteiger partial charge >= 0.3 is 12.4 Å². The lowest BCUT2D eigenvalue weighted by atomic mass is 9.99. The summed E-state index contributed by atoms with van der Waals surface area (Å²) in [6.45, 7) is 0. The predicted octanol–water partition coefficient (Wildman–Crippen LogP) is 6.04. The lowest BCUT2D eigenvalue weighted by molar-refractivity contribution is -0.156. The molecule has 0 radical (unpaired) electrons. The first-order chi connectivity index (χ1) is 15.4. The fourth-order valence-electron chi connectivity index (χ4n) is 3.48. The molecule has 1 atom stereocenters. The molecule has 0 spiro atoms. The molecule has 0 saturated heterocycles. The standard InChI is InChI=1S/C20H15F7N4O2/c21-10-5-9-3-1-2-4-12(19(22,23)24)17-30-31-18(33-17)15-14(28)8-13(20(25,26)27)16(29-15)32-11(6-9)7-10/h5-8,12H,1-4,28H2. The number of nitrogens with zero attached hydrogens (tertiary/aromatic N) is 3. The molecule has 2 N–H and O–H groups in total. The van der Waals surface area contributed by atoms with Crippen molar-refractivity contribution in [1.82, 2.24) is 15.2 Å². The molecule has 0 aliphatic carbocycles. The third kappa shape index (κ3) is 4.86. The summed E-state index contributed by atoms with van der Waals surface area (Å²) in [5.74, 6) is -5.52. The molecule has 13 heteroatoms. The Morgan fingerprint density at radius 1 is 0.970 bits per heavy atom. The van der Waals surface area contributed by atoms with Gasteiger partial charge in [0.15, 0.2) is 5.69 Å². The first kappa shape index (κ1) is 22.8. The number of nitrogen functional groups attached to an aromatic ring is 1. The average molecular weight is 476 g/mol. The van der Waals surface area contributed by atoms with Crippen molar-refractivity contribution in [3.63, 3.8) is 0 Å². The van der Waals surface area contributed by atoms with Gasteiger partial charge in [0.2, 0.25) is 11.8 Å². The molecule has 33 heavy (non-hydrogen) atoms. The van der Waals surface area contributed by atoms with Crippen LogP contribution >= 0.6 is 0 Å². The van der Waals surface area contributed by atoms with Crippen molar-refractivity contribution >= 4 is 5.69 Å². The highest BCUT2D eigenvalue weighted by Crippen LogP contribution is 2.43. The zero-order valence-corrected chi connectivity index (χ0v) is 16.6. The Labute approximate surface area is 181 Å². The summed E-state index contributed by atoms with van der Waals surface area (Å²) >= 11 is 0. The van der Waals surface area contributed by atoms with E-state index >= 15 is 0 Å². The fourth-order valence-corrected chi connectivity index (χ4v) is 3.48. The van der Waals surface area contributed by atoms with Gasteiger partial charge in [-0.3, -0.25) is 0 Å². The SMILES string of the molecule is Nc1cc(C(F)(F)F)c2nc1-c1nnc(o1)C(C(F)(F)F)CCCCc1cc(F)cc(c1)O2. The van der Waals surface area contributed by atoms with Gasteiger partial charge in [-0.2, -0.15) is 26.3 Å². The van der Waals surface area contributed by atoms with Gasteiger partial charge in [-0.15, -0.1) is 10.2 Å². The lowest BCUT2D eigenvalue weighted by Crippen LogP contribution is -2.21. The van der Waals surface area contributed by atoms with E-state index in [9.17, 15) is 30.7 Å². The second kappa shape index (κ2) is 8.19. The smallest absolute Gasteiger partial charge is 0.421 e. The molecule has 176 valence electrons. The predicted molar refractivity (Wildman–Crippen MR) is 99.8 cm³/mol. The van der Waals surface area contributed by atoms with Crippen molar-refractivity contribution < 1.29 is 39.9 Å². The van der Waals surface area contributed by atoms with Crippen LogP contribution in [0.2, 0.25) is 0 Å². The Bertz CT molecular complexity index is 1170. The summed E-state index contributed by atoms with van der Waals surface area (Å²) < 4.78 is 106. The number of hydrogen-bond donors (Lipinski definition) is 1. The number of alkyl halides is 6. The molecule has 3 aromatic rings. The molecule has 1 unspecified atom stereocenters.